The predicted octanol–water partition coefficient (Wildman–Crippen LogP) is 1.74. The van der Waals surface area contributed by atoms with Crippen LogP contribution >= 0.6 is 0 Å². The summed E-state index contributed by atoms with van der Waals surface area (Å²) in [7, 11) is -2.39. The molecule has 9 heteroatoms. The maximum atomic E-state index is 13.0. The Kier molecular flexibility index (Phi) is 6.49. The van der Waals surface area contributed by atoms with E-state index in [0.717, 1.165) is 0 Å². The van der Waals surface area contributed by atoms with E-state index in [-0.39, 0.29) is 30.2 Å². The van der Waals surface area contributed by atoms with Crippen molar-refractivity contribution in [3.05, 3.63) is 53.6 Å². The average molecular weight is 416 g/mol. The zero-order valence-electron chi connectivity index (χ0n) is 15.8. The Bertz CT molecular complexity index is 1020. The van der Waals surface area contributed by atoms with Gasteiger partial charge in [-0.3, -0.25) is 4.79 Å². The molecule has 1 aliphatic heterocycles. The van der Waals surface area contributed by atoms with Gasteiger partial charge in [0, 0.05) is 13.1 Å². The van der Waals surface area contributed by atoms with Gasteiger partial charge in [0.05, 0.1) is 38.4 Å². The Morgan fingerprint density at radius 2 is 1.86 bits per heavy atom. The highest BCUT2D eigenvalue weighted by Crippen LogP contribution is 2.28. The van der Waals surface area contributed by atoms with E-state index in [4.69, 9.17) is 19.5 Å². The quantitative estimate of drug-likeness (QED) is 0.521. The molecule has 0 unspecified atom stereocenters. The molecular formula is C20H20N2O6S. The summed E-state index contributed by atoms with van der Waals surface area (Å²) in [4.78, 5) is 12.3. The highest BCUT2D eigenvalue weighted by atomic mass is 32.2. The van der Waals surface area contributed by atoms with Crippen molar-refractivity contribution < 1.29 is 27.4 Å². The molecule has 1 heterocycles. The number of rotatable bonds is 6. The summed E-state index contributed by atoms with van der Waals surface area (Å²) in [5.41, 5.74) is 0.939. The van der Waals surface area contributed by atoms with Crippen molar-refractivity contribution in [1.82, 2.24) is 4.31 Å². The van der Waals surface area contributed by atoms with Gasteiger partial charge in [-0.15, -0.1) is 0 Å². The van der Waals surface area contributed by atoms with E-state index in [1.807, 2.05) is 6.07 Å². The van der Waals surface area contributed by atoms with Crippen molar-refractivity contribution in [2.45, 2.75) is 11.3 Å². The number of nitriles is 1. The Balaban J connectivity index is 1.78. The lowest BCUT2D eigenvalue weighted by Gasteiger charge is -2.26. The number of methoxy groups -OCH3 is 1. The third kappa shape index (κ3) is 4.92. The molecule has 0 atom stereocenters. The van der Waals surface area contributed by atoms with Gasteiger partial charge in [-0.05, 0) is 42.0 Å². The summed E-state index contributed by atoms with van der Waals surface area (Å²) in [5.74, 6) is -0.0287. The minimum atomic E-state index is -3.78. The Hall–Kier alpha value is -2.93. The number of sulfonamides is 1. The fraction of sp³-hybridized carbons (Fsp3) is 0.300. The van der Waals surface area contributed by atoms with E-state index in [2.05, 4.69) is 0 Å². The van der Waals surface area contributed by atoms with Crippen molar-refractivity contribution in [2.24, 2.45) is 0 Å². The molecule has 8 nitrogen and oxygen atoms in total. The smallest absolute Gasteiger partial charge is 0.315 e. The number of benzene rings is 2. The molecule has 0 N–H and O–H groups in total. The summed E-state index contributed by atoms with van der Waals surface area (Å²) in [6.45, 7) is 1.18. The van der Waals surface area contributed by atoms with Crippen molar-refractivity contribution in [3.63, 3.8) is 0 Å². The van der Waals surface area contributed by atoms with E-state index in [1.54, 1.807) is 18.2 Å². The third-order valence-corrected chi connectivity index (χ3v) is 6.30. The van der Waals surface area contributed by atoms with Crippen LogP contribution in [0.25, 0.3) is 0 Å². The molecule has 0 spiro atoms. The molecule has 3 rings (SSSR count). The van der Waals surface area contributed by atoms with E-state index >= 15 is 0 Å². The largest absolute Gasteiger partial charge is 0.495 e. The Morgan fingerprint density at radius 3 is 2.48 bits per heavy atom. The van der Waals surface area contributed by atoms with Crippen LogP contribution in [-0.2, 0) is 26.0 Å². The second-order valence-electron chi connectivity index (χ2n) is 6.29. The molecule has 0 radical (unpaired) electrons. The first-order chi connectivity index (χ1) is 13.9. The van der Waals surface area contributed by atoms with E-state index in [9.17, 15) is 13.2 Å². The maximum Gasteiger partial charge on any atom is 0.315 e. The molecule has 0 bridgehead atoms. The minimum absolute atomic E-state index is 0.00516. The van der Waals surface area contributed by atoms with Crippen LogP contribution in [0.1, 0.15) is 11.1 Å². The molecule has 1 saturated heterocycles. The van der Waals surface area contributed by atoms with Crippen LogP contribution in [0.2, 0.25) is 0 Å². The molecule has 152 valence electrons. The van der Waals surface area contributed by atoms with Crippen LogP contribution in [0.4, 0.5) is 0 Å². The molecule has 0 amide bonds. The molecule has 0 saturated carbocycles. The number of esters is 1. The molecule has 0 aliphatic carbocycles. The molecule has 1 fully saturated rings. The van der Waals surface area contributed by atoms with E-state index in [1.165, 1.54) is 35.7 Å². The second-order valence-corrected chi connectivity index (χ2v) is 8.20. The third-order valence-electron chi connectivity index (χ3n) is 4.38. The maximum absolute atomic E-state index is 13.0. The van der Waals surface area contributed by atoms with Crippen molar-refractivity contribution >= 4 is 16.0 Å². The van der Waals surface area contributed by atoms with Gasteiger partial charge in [0.15, 0.2) is 0 Å². The zero-order chi connectivity index (χ0) is 20.9. The molecule has 2 aromatic rings. The van der Waals surface area contributed by atoms with Crippen LogP contribution in [0.5, 0.6) is 11.5 Å². The van der Waals surface area contributed by atoms with E-state index < -0.39 is 16.0 Å². The van der Waals surface area contributed by atoms with Gasteiger partial charge in [0.1, 0.15) is 16.4 Å². The topological polar surface area (TPSA) is 106 Å². The zero-order valence-corrected chi connectivity index (χ0v) is 16.6. The molecule has 1 aliphatic rings. The average Bonchev–Trinajstić information content (AvgIpc) is 2.74. The second kappa shape index (κ2) is 9.05. The van der Waals surface area contributed by atoms with Gasteiger partial charge < -0.3 is 14.2 Å². The number of carbonyl (C=O) groups is 1. The van der Waals surface area contributed by atoms with Crippen LogP contribution in [0.3, 0.4) is 0 Å². The highest BCUT2D eigenvalue weighted by molar-refractivity contribution is 7.89. The SMILES string of the molecule is COc1ccc(CC(=O)Oc2ccc(C#N)cc2)cc1S(=O)(=O)N1CCOCC1. The van der Waals surface area contributed by atoms with Gasteiger partial charge in [0.2, 0.25) is 10.0 Å². The Morgan fingerprint density at radius 1 is 1.17 bits per heavy atom. The van der Waals surface area contributed by atoms with Crippen molar-refractivity contribution in [2.75, 3.05) is 33.4 Å². The fourth-order valence-corrected chi connectivity index (χ4v) is 4.50. The van der Waals surface area contributed by atoms with Crippen molar-refractivity contribution in [1.29, 1.82) is 5.26 Å². The summed E-state index contributed by atoms with van der Waals surface area (Å²) < 4.78 is 43.0. The summed E-state index contributed by atoms with van der Waals surface area (Å²) in [6.07, 6.45) is -0.115. The van der Waals surface area contributed by atoms with Crippen LogP contribution in [0, 0.1) is 11.3 Å². The number of morpholine rings is 1. The fourth-order valence-electron chi connectivity index (χ4n) is 2.89. The first kappa shape index (κ1) is 20.8. The van der Waals surface area contributed by atoms with Crippen LogP contribution < -0.4 is 9.47 Å². The number of ether oxygens (including phenoxy) is 3. The highest BCUT2D eigenvalue weighted by Gasteiger charge is 2.29. The predicted molar refractivity (Wildman–Crippen MR) is 103 cm³/mol. The summed E-state index contributed by atoms with van der Waals surface area (Å²) in [5, 5.41) is 8.81. The van der Waals surface area contributed by atoms with Gasteiger partial charge in [-0.1, -0.05) is 6.07 Å². The molecular weight excluding hydrogens is 396 g/mol. The van der Waals surface area contributed by atoms with Gasteiger partial charge >= 0.3 is 5.97 Å². The molecule has 0 aromatic heterocycles. The van der Waals surface area contributed by atoms with Gasteiger partial charge in [-0.2, -0.15) is 9.57 Å². The number of hydrogen-bond acceptors (Lipinski definition) is 7. The van der Waals surface area contributed by atoms with Gasteiger partial charge in [0.25, 0.3) is 0 Å². The summed E-state index contributed by atoms with van der Waals surface area (Å²) >= 11 is 0. The standard InChI is InChI=1S/C20H20N2O6S/c1-26-18-7-4-16(12-19(18)29(24,25)22-8-10-27-11-9-22)13-20(23)28-17-5-2-15(14-21)3-6-17/h2-7,12H,8-11,13H2,1H3. The lowest BCUT2D eigenvalue weighted by molar-refractivity contribution is -0.133. The lowest BCUT2D eigenvalue weighted by atomic mass is 10.1. The van der Waals surface area contributed by atoms with Crippen molar-refractivity contribution in [3.8, 4) is 17.6 Å². The number of carbonyl (C=O) groups excluding carboxylic acids is 1. The lowest BCUT2D eigenvalue weighted by Crippen LogP contribution is -2.40. The first-order valence-electron chi connectivity index (χ1n) is 8.89. The number of nitrogens with zero attached hydrogens (tertiary/aromatic N) is 2. The van der Waals surface area contributed by atoms with Crippen LogP contribution in [0.15, 0.2) is 47.4 Å². The summed E-state index contributed by atoms with van der Waals surface area (Å²) in [6, 6.07) is 12.7. The normalized spacial score (nSPS) is 14.8. The Labute approximate surface area is 169 Å². The molecule has 2 aromatic carbocycles. The monoisotopic (exact) mass is 416 g/mol. The van der Waals surface area contributed by atoms with Crippen LogP contribution in [-0.4, -0.2) is 52.1 Å². The van der Waals surface area contributed by atoms with E-state index in [0.29, 0.717) is 30.1 Å². The first-order valence-corrected chi connectivity index (χ1v) is 10.3. The molecule has 29 heavy (non-hydrogen) atoms. The minimum Gasteiger partial charge on any atom is -0.495 e. The van der Waals surface area contributed by atoms with Gasteiger partial charge in [-0.25, -0.2) is 8.42 Å². The number of hydrogen-bond donors (Lipinski definition) is 0.